The first-order chi connectivity index (χ1) is 12.7. The van der Waals surface area contributed by atoms with Gasteiger partial charge in [-0.25, -0.2) is 9.37 Å². The van der Waals surface area contributed by atoms with Crippen LogP contribution in [0.25, 0.3) is 0 Å². The smallest absolute Gasteiger partial charge is 0.254 e. The number of carbonyl (C=O) groups is 1. The normalized spacial score (nSPS) is 24.4. The minimum Gasteiger partial charge on any atom is -0.494 e. The molecular weight excluding hydrogens is 335 g/mol. The van der Waals surface area contributed by atoms with Gasteiger partial charge >= 0.3 is 0 Å². The van der Waals surface area contributed by atoms with Gasteiger partial charge in [0.05, 0.1) is 7.11 Å². The van der Waals surface area contributed by atoms with Gasteiger partial charge in [-0.05, 0) is 37.1 Å². The second kappa shape index (κ2) is 6.94. The lowest BCUT2D eigenvalue weighted by Gasteiger charge is -2.38. The molecule has 0 spiro atoms. The number of benzene rings is 1. The Bertz CT molecular complexity index is 785. The van der Waals surface area contributed by atoms with Crippen molar-refractivity contribution in [3.63, 3.8) is 0 Å². The van der Waals surface area contributed by atoms with Crippen molar-refractivity contribution in [1.82, 2.24) is 9.88 Å². The maximum absolute atomic E-state index is 14.0. The number of nitrogens with zero attached hydrogens (tertiary/aromatic N) is 2. The second-order valence-electron chi connectivity index (χ2n) is 6.83. The fraction of sp³-hybridized carbons (Fsp3) is 0.400. The predicted molar refractivity (Wildman–Crippen MR) is 93.8 cm³/mol. The lowest BCUT2D eigenvalue weighted by atomic mass is 9.98. The van der Waals surface area contributed by atoms with Crippen LogP contribution in [0.2, 0.25) is 0 Å². The van der Waals surface area contributed by atoms with Gasteiger partial charge in [0.1, 0.15) is 6.10 Å². The van der Waals surface area contributed by atoms with E-state index in [2.05, 4.69) is 4.98 Å². The molecule has 2 fully saturated rings. The molecule has 2 aliphatic rings. The molecule has 1 aromatic heterocycles. The molecule has 4 rings (SSSR count). The van der Waals surface area contributed by atoms with Crippen LogP contribution in [0, 0.1) is 5.82 Å². The molecule has 2 bridgehead atoms. The second-order valence-corrected chi connectivity index (χ2v) is 6.83. The zero-order valence-corrected chi connectivity index (χ0v) is 14.6. The van der Waals surface area contributed by atoms with Crippen LogP contribution in [0.3, 0.4) is 0 Å². The van der Waals surface area contributed by atoms with Gasteiger partial charge in [-0.15, -0.1) is 0 Å². The third-order valence-electron chi connectivity index (χ3n) is 5.25. The fourth-order valence-electron chi connectivity index (χ4n) is 4.09. The lowest BCUT2D eigenvalue weighted by molar-refractivity contribution is 0.0347. The van der Waals surface area contributed by atoms with E-state index in [1.807, 2.05) is 23.1 Å². The molecule has 2 atom stereocenters. The molecule has 1 aromatic carbocycles. The average Bonchev–Trinajstić information content (AvgIpc) is 2.92. The number of piperidine rings is 1. The largest absolute Gasteiger partial charge is 0.494 e. The number of aromatic nitrogens is 1. The van der Waals surface area contributed by atoms with Crippen LogP contribution in [0.5, 0.6) is 11.6 Å². The van der Waals surface area contributed by atoms with E-state index in [4.69, 9.17) is 9.47 Å². The molecule has 2 saturated heterocycles. The van der Waals surface area contributed by atoms with Gasteiger partial charge in [0.2, 0.25) is 5.88 Å². The van der Waals surface area contributed by atoms with Crippen molar-refractivity contribution in [3.05, 3.63) is 54.0 Å². The number of methoxy groups -OCH3 is 1. The van der Waals surface area contributed by atoms with Crippen molar-refractivity contribution in [1.29, 1.82) is 0 Å². The van der Waals surface area contributed by atoms with Crippen LogP contribution >= 0.6 is 0 Å². The van der Waals surface area contributed by atoms with Crippen molar-refractivity contribution in [2.75, 3.05) is 7.11 Å². The minimum absolute atomic E-state index is 0.0547. The lowest BCUT2D eigenvalue weighted by Crippen LogP contribution is -2.49. The van der Waals surface area contributed by atoms with E-state index < -0.39 is 5.82 Å². The molecule has 0 unspecified atom stereocenters. The Morgan fingerprint density at radius 2 is 1.96 bits per heavy atom. The Balaban J connectivity index is 1.48. The van der Waals surface area contributed by atoms with E-state index in [0.717, 1.165) is 25.7 Å². The van der Waals surface area contributed by atoms with E-state index >= 15 is 0 Å². The Kier molecular flexibility index (Phi) is 4.49. The van der Waals surface area contributed by atoms with E-state index in [0.29, 0.717) is 11.4 Å². The van der Waals surface area contributed by atoms with Gasteiger partial charge in [-0.2, -0.15) is 0 Å². The number of carbonyl (C=O) groups excluding carboxylic acids is 1. The van der Waals surface area contributed by atoms with Crippen molar-refractivity contribution in [3.8, 4) is 11.6 Å². The molecule has 26 heavy (non-hydrogen) atoms. The zero-order chi connectivity index (χ0) is 18.1. The Morgan fingerprint density at radius 3 is 2.58 bits per heavy atom. The Morgan fingerprint density at radius 1 is 1.19 bits per heavy atom. The van der Waals surface area contributed by atoms with Crippen LogP contribution in [0.4, 0.5) is 4.39 Å². The summed E-state index contributed by atoms with van der Waals surface area (Å²) in [6, 6.07) is 10.2. The van der Waals surface area contributed by atoms with Gasteiger partial charge in [0, 0.05) is 42.8 Å². The number of hydrogen-bond donors (Lipinski definition) is 0. The maximum atomic E-state index is 14.0. The third kappa shape index (κ3) is 3.11. The molecule has 3 heterocycles. The van der Waals surface area contributed by atoms with Gasteiger partial charge < -0.3 is 14.4 Å². The van der Waals surface area contributed by atoms with Crippen molar-refractivity contribution < 1.29 is 18.7 Å². The van der Waals surface area contributed by atoms with Crippen LogP contribution in [-0.4, -0.2) is 41.1 Å². The number of ether oxygens (including phenoxy) is 2. The molecule has 2 aromatic rings. The third-order valence-corrected chi connectivity index (χ3v) is 5.25. The number of fused-ring (bicyclic) bond motifs is 2. The summed E-state index contributed by atoms with van der Waals surface area (Å²) >= 11 is 0. The highest BCUT2D eigenvalue weighted by atomic mass is 19.1. The van der Waals surface area contributed by atoms with Crippen LogP contribution in [0.15, 0.2) is 42.6 Å². The van der Waals surface area contributed by atoms with E-state index in [9.17, 15) is 9.18 Å². The fourth-order valence-corrected chi connectivity index (χ4v) is 4.09. The number of rotatable bonds is 4. The number of halogens is 1. The SMILES string of the molecule is COc1ccc(C(=O)N2[C@H]3CC[C@H]2CC(Oc2ccccn2)C3)cc1F. The van der Waals surface area contributed by atoms with Crippen molar-refractivity contribution in [2.45, 2.75) is 43.9 Å². The molecule has 136 valence electrons. The highest BCUT2D eigenvalue weighted by molar-refractivity contribution is 5.95. The van der Waals surface area contributed by atoms with E-state index in [1.54, 1.807) is 12.3 Å². The zero-order valence-electron chi connectivity index (χ0n) is 14.6. The van der Waals surface area contributed by atoms with Crippen LogP contribution in [-0.2, 0) is 0 Å². The number of pyridine rings is 1. The average molecular weight is 356 g/mol. The van der Waals surface area contributed by atoms with Gasteiger partial charge in [0.25, 0.3) is 5.91 Å². The van der Waals surface area contributed by atoms with Crippen molar-refractivity contribution in [2.24, 2.45) is 0 Å². The van der Waals surface area contributed by atoms with Crippen molar-refractivity contribution >= 4 is 5.91 Å². The summed E-state index contributed by atoms with van der Waals surface area (Å²) in [6.07, 6.45) is 5.23. The first kappa shape index (κ1) is 16.8. The molecule has 5 nitrogen and oxygen atoms in total. The molecule has 0 saturated carbocycles. The molecule has 1 amide bonds. The highest BCUT2D eigenvalue weighted by Crippen LogP contribution is 2.38. The number of hydrogen-bond acceptors (Lipinski definition) is 4. The maximum Gasteiger partial charge on any atom is 0.254 e. The summed E-state index contributed by atoms with van der Waals surface area (Å²) in [7, 11) is 1.41. The minimum atomic E-state index is -0.515. The molecule has 6 heteroatoms. The molecule has 0 aliphatic carbocycles. The first-order valence-corrected chi connectivity index (χ1v) is 8.89. The Labute approximate surface area is 151 Å². The monoisotopic (exact) mass is 356 g/mol. The first-order valence-electron chi connectivity index (χ1n) is 8.89. The quantitative estimate of drug-likeness (QED) is 0.842. The summed E-state index contributed by atoms with van der Waals surface area (Å²) in [4.78, 5) is 19.1. The summed E-state index contributed by atoms with van der Waals surface area (Å²) < 4.78 is 24.9. The van der Waals surface area contributed by atoms with Gasteiger partial charge in [-0.1, -0.05) is 6.07 Å². The van der Waals surface area contributed by atoms with Gasteiger partial charge in [-0.3, -0.25) is 4.79 Å². The summed E-state index contributed by atoms with van der Waals surface area (Å²) in [6.45, 7) is 0. The molecular formula is C20H21FN2O3. The van der Waals surface area contributed by atoms with E-state index in [1.165, 1.54) is 19.2 Å². The predicted octanol–water partition coefficient (Wildman–Crippen LogP) is 3.44. The van der Waals surface area contributed by atoms with E-state index in [-0.39, 0.29) is 29.8 Å². The van der Waals surface area contributed by atoms with Gasteiger partial charge in [0.15, 0.2) is 11.6 Å². The number of amides is 1. The summed E-state index contributed by atoms with van der Waals surface area (Å²) in [5.41, 5.74) is 0.365. The molecule has 0 N–H and O–H groups in total. The Hall–Kier alpha value is -2.63. The standard InChI is InChI=1S/C20H21FN2O3/c1-25-18-8-5-13(10-17(18)21)20(24)23-14-6-7-15(23)12-16(11-14)26-19-4-2-3-9-22-19/h2-5,8-10,14-16H,6-7,11-12H2,1H3/t14-,15-/m0/s1. The van der Waals surface area contributed by atoms with Crippen LogP contribution in [0.1, 0.15) is 36.0 Å². The highest BCUT2D eigenvalue weighted by Gasteiger charge is 2.44. The van der Waals surface area contributed by atoms with Crippen LogP contribution < -0.4 is 9.47 Å². The summed E-state index contributed by atoms with van der Waals surface area (Å²) in [5.74, 6) is 0.135. The summed E-state index contributed by atoms with van der Waals surface area (Å²) in [5, 5.41) is 0. The topological polar surface area (TPSA) is 51.7 Å². The molecule has 2 aliphatic heterocycles. The molecule has 0 radical (unpaired) electrons.